The molecule has 0 saturated heterocycles. The number of carbonyl (C=O) groups excluding carboxylic acids is 1. The van der Waals surface area contributed by atoms with Crippen LogP contribution in [0.1, 0.15) is 29.6 Å². The molecule has 3 N–H and O–H groups in total. The number of anilines is 1. The zero-order valence-electron chi connectivity index (χ0n) is 9.30. The fraction of sp³-hybridized carbons (Fsp3) is 0.417. The summed E-state index contributed by atoms with van der Waals surface area (Å²) in [7, 11) is 0. The maximum Gasteiger partial charge on any atom is 0.257 e. The van der Waals surface area contributed by atoms with E-state index in [-0.39, 0.29) is 5.69 Å². The third-order valence-corrected chi connectivity index (χ3v) is 2.88. The first-order valence-corrected chi connectivity index (χ1v) is 5.61. The Morgan fingerprint density at radius 1 is 1.41 bits per heavy atom. The van der Waals surface area contributed by atoms with E-state index >= 15 is 0 Å². The van der Waals surface area contributed by atoms with Crippen molar-refractivity contribution in [3.63, 3.8) is 0 Å². The third kappa shape index (κ3) is 2.72. The highest BCUT2D eigenvalue weighted by Crippen LogP contribution is 2.31. The Hall–Kier alpha value is -1.65. The van der Waals surface area contributed by atoms with Crippen LogP contribution in [0.25, 0.3) is 0 Å². The lowest BCUT2D eigenvalue weighted by molar-refractivity contribution is 0.0944. The number of hydrogen-bond acceptors (Lipinski definition) is 2. The van der Waals surface area contributed by atoms with Crippen molar-refractivity contribution in [3.8, 4) is 0 Å². The van der Waals surface area contributed by atoms with Crippen LogP contribution in [-0.2, 0) is 0 Å². The molecule has 1 fully saturated rings. The predicted octanol–water partition coefficient (Wildman–Crippen LogP) is 2.08. The number of rotatable bonds is 4. The van der Waals surface area contributed by atoms with Gasteiger partial charge in [-0.1, -0.05) is 12.8 Å². The number of nitrogen functional groups attached to an aromatic ring is 1. The van der Waals surface area contributed by atoms with Crippen molar-refractivity contribution in [2.45, 2.75) is 19.3 Å². The largest absolute Gasteiger partial charge is 0.396 e. The third-order valence-electron chi connectivity index (χ3n) is 2.88. The van der Waals surface area contributed by atoms with Crippen LogP contribution in [0.2, 0.25) is 0 Å². The average molecular weight is 240 g/mol. The molecule has 1 amide bonds. The van der Waals surface area contributed by atoms with E-state index in [1.165, 1.54) is 12.8 Å². The Morgan fingerprint density at radius 3 is 2.76 bits per heavy atom. The first kappa shape index (κ1) is 11.8. The molecule has 0 bridgehead atoms. The van der Waals surface area contributed by atoms with Crippen molar-refractivity contribution >= 4 is 11.6 Å². The van der Waals surface area contributed by atoms with E-state index in [4.69, 9.17) is 5.73 Å². The van der Waals surface area contributed by atoms with E-state index in [1.807, 2.05) is 0 Å². The number of amides is 1. The Morgan fingerprint density at radius 2 is 2.12 bits per heavy atom. The summed E-state index contributed by atoms with van der Waals surface area (Å²) in [5.74, 6) is -1.96. The van der Waals surface area contributed by atoms with Crippen molar-refractivity contribution < 1.29 is 13.6 Å². The maximum absolute atomic E-state index is 13.5. The summed E-state index contributed by atoms with van der Waals surface area (Å²) in [4.78, 5) is 11.6. The molecule has 5 heteroatoms. The SMILES string of the molecule is Nc1ccc(F)c(C(=O)NCCC2CC2)c1F. The smallest absolute Gasteiger partial charge is 0.257 e. The van der Waals surface area contributed by atoms with Gasteiger partial charge in [0.2, 0.25) is 0 Å². The van der Waals surface area contributed by atoms with Gasteiger partial charge in [-0.25, -0.2) is 8.78 Å². The quantitative estimate of drug-likeness (QED) is 0.792. The molecule has 0 atom stereocenters. The number of benzene rings is 1. The van der Waals surface area contributed by atoms with Crippen molar-refractivity contribution in [3.05, 3.63) is 29.3 Å². The molecular formula is C12H14F2N2O. The van der Waals surface area contributed by atoms with Crippen LogP contribution in [0.15, 0.2) is 12.1 Å². The molecule has 1 aliphatic rings. The summed E-state index contributed by atoms with van der Waals surface area (Å²) in [6, 6.07) is 2.10. The van der Waals surface area contributed by atoms with Gasteiger partial charge < -0.3 is 11.1 Å². The van der Waals surface area contributed by atoms with Crippen LogP contribution in [0, 0.1) is 17.6 Å². The number of nitrogens with two attached hydrogens (primary N) is 1. The van der Waals surface area contributed by atoms with Gasteiger partial charge in [0.05, 0.1) is 5.69 Å². The highest BCUT2D eigenvalue weighted by molar-refractivity contribution is 5.95. The van der Waals surface area contributed by atoms with Gasteiger partial charge in [0, 0.05) is 6.54 Å². The standard InChI is InChI=1S/C12H14F2N2O/c13-8-3-4-9(15)11(14)10(8)12(17)16-6-5-7-1-2-7/h3-4,7H,1-2,5-6,15H2,(H,16,17). The molecule has 1 aliphatic carbocycles. The van der Waals surface area contributed by atoms with Crippen molar-refractivity contribution in [2.24, 2.45) is 5.92 Å². The molecule has 0 unspecified atom stereocenters. The lowest BCUT2D eigenvalue weighted by atomic mass is 10.1. The van der Waals surface area contributed by atoms with E-state index in [9.17, 15) is 13.6 Å². The minimum absolute atomic E-state index is 0.223. The topological polar surface area (TPSA) is 55.1 Å². The first-order chi connectivity index (χ1) is 8.09. The maximum atomic E-state index is 13.5. The molecule has 1 saturated carbocycles. The van der Waals surface area contributed by atoms with Crippen LogP contribution in [0.5, 0.6) is 0 Å². The van der Waals surface area contributed by atoms with Gasteiger partial charge in [-0.05, 0) is 24.5 Å². The van der Waals surface area contributed by atoms with Gasteiger partial charge in [-0.3, -0.25) is 4.79 Å². The van der Waals surface area contributed by atoms with Crippen molar-refractivity contribution in [1.29, 1.82) is 0 Å². The Kier molecular flexibility index (Phi) is 3.26. The molecule has 3 nitrogen and oxygen atoms in total. The molecule has 1 aromatic carbocycles. The molecule has 0 spiro atoms. The minimum Gasteiger partial charge on any atom is -0.396 e. The number of nitrogens with one attached hydrogen (secondary N) is 1. The van der Waals surface area contributed by atoms with Crippen LogP contribution in [0.4, 0.5) is 14.5 Å². The fourth-order valence-corrected chi connectivity index (χ4v) is 1.66. The van der Waals surface area contributed by atoms with Crippen LogP contribution in [-0.4, -0.2) is 12.5 Å². The molecular weight excluding hydrogens is 226 g/mol. The summed E-state index contributed by atoms with van der Waals surface area (Å²) < 4.78 is 26.8. The fourth-order valence-electron chi connectivity index (χ4n) is 1.66. The van der Waals surface area contributed by atoms with Crippen LogP contribution >= 0.6 is 0 Å². The number of carbonyl (C=O) groups is 1. The summed E-state index contributed by atoms with van der Waals surface area (Å²) in [5, 5.41) is 2.50. The molecule has 0 aromatic heterocycles. The minimum atomic E-state index is -0.992. The van der Waals surface area contributed by atoms with Gasteiger partial charge in [0.25, 0.3) is 5.91 Å². The number of hydrogen-bond donors (Lipinski definition) is 2. The van der Waals surface area contributed by atoms with Crippen LogP contribution < -0.4 is 11.1 Å². The van der Waals surface area contributed by atoms with E-state index in [0.717, 1.165) is 18.6 Å². The first-order valence-electron chi connectivity index (χ1n) is 5.61. The van der Waals surface area contributed by atoms with E-state index in [2.05, 4.69) is 5.32 Å². The molecule has 0 heterocycles. The molecule has 92 valence electrons. The lowest BCUT2D eigenvalue weighted by Gasteiger charge is -2.08. The van der Waals surface area contributed by atoms with Gasteiger partial charge in [-0.15, -0.1) is 0 Å². The van der Waals surface area contributed by atoms with Crippen molar-refractivity contribution in [2.75, 3.05) is 12.3 Å². The molecule has 1 aromatic rings. The molecule has 0 radical (unpaired) electrons. The van der Waals surface area contributed by atoms with Gasteiger partial charge >= 0.3 is 0 Å². The summed E-state index contributed by atoms with van der Waals surface area (Å²) in [6.45, 7) is 0.442. The average Bonchev–Trinajstić information content (AvgIpc) is 3.08. The second-order valence-electron chi connectivity index (χ2n) is 4.31. The Bertz CT molecular complexity index is 444. The second kappa shape index (κ2) is 4.69. The monoisotopic (exact) mass is 240 g/mol. The summed E-state index contributed by atoms with van der Waals surface area (Å²) >= 11 is 0. The normalized spacial score (nSPS) is 14.7. The summed E-state index contributed by atoms with van der Waals surface area (Å²) in [6.07, 6.45) is 3.21. The van der Waals surface area contributed by atoms with E-state index in [0.29, 0.717) is 12.5 Å². The second-order valence-corrected chi connectivity index (χ2v) is 4.31. The zero-order chi connectivity index (χ0) is 12.4. The number of halogens is 2. The molecule has 2 rings (SSSR count). The van der Waals surface area contributed by atoms with E-state index < -0.39 is 23.1 Å². The highest BCUT2D eigenvalue weighted by Gasteiger charge is 2.22. The Balaban J connectivity index is 2.04. The van der Waals surface area contributed by atoms with Gasteiger partial charge in [0.15, 0.2) is 5.82 Å². The van der Waals surface area contributed by atoms with Gasteiger partial charge in [-0.2, -0.15) is 0 Å². The van der Waals surface area contributed by atoms with E-state index in [1.54, 1.807) is 0 Å². The lowest BCUT2D eigenvalue weighted by Crippen LogP contribution is -2.27. The van der Waals surface area contributed by atoms with Crippen molar-refractivity contribution in [1.82, 2.24) is 5.32 Å². The zero-order valence-corrected chi connectivity index (χ0v) is 9.30. The van der Waals surface area contributed by atoms with Crippen LogP contribution in [0.3, 0.4) is 0 Å². The van der Waals surface area contributed by atoms with Gasteiger partial charge in [0.1, 0.15) is 11.4 Å². The Labute approximate surface area is 98.0 Å². The molecule has 0 aliphatic heterocycles. The predicted molar refractivity (Wildman–Crippen MR) is 60.4 cm³/mol. The highest BCUT2D eigenvalue weighted by atomic mass is 19.1. The molecule has 17 heavy (non-hydrogen) atoms. The summed E-state index contributed by atoms with van der Waals surface area (Å²) in [5.41, 5.74) is 4.47.